The van der Waals surface area contributed by atoms with Crippen LogP contribution in [0, 0.1) is 0 Å². The van der Waals surface area contributed by atoms with Gasteiger partial charge in [0.15, 0.2) is 12.2 Å². The van der Waals surface area contributed by atoms with E-state index >= 15 is 0 Å². The molecule has 0 radical (unpaired) electrons. The maximum absolute atomic E-state index is 12.9. The quantitative estimate of drug-likeness (QED) is 0.846. The maximum atomic E-state index is 12.9. The van der Waals surface area contributed by atoms with Gasteiger partial charge in [0.1, 0.15) is 16.4 Å². The van der Waals surface area contributed by atoms with Crippen LogP contribution < -0.4 is 4.74 Å². The first-order chi connectivity index (χ1) is 11.0. The molecule has 118 valence electrons. The molecule has 2 aliphatic rings. The second-order valence-corrected chi connectivity index (χ2v) is 7.30. The second-order valence-electron chi connectivity index (χ2n) is 5.41. The van der Waals surface area contributed by atoms with Gasteiger partial charge in [-0.3, -0.25) is 4.79 Å². The van der Waals surface area contributed by atoms with Crippen molar-refractivity contribution in [3.05, 3.63) is 48.0 Å². The minimum absolute atomic E-state index is 0.0523. The molecule has 4 rings (SSSR count). The number of sulfone groups is 1. The van der Waals surface area contributed by atoms with Crippen molar-refractivity contribution >= 4 is 15.8 Å². The van der Waals surface area contributed by atoms with E-state index in [4.69, 9.17) is 9.47 Å². The second kappa shape index (κ2) is 4.73. The highest BCUT2D eigenvalue weighted by molar-refractivity contribution is 7.91. The van der Waals surface area contributed by atoms with Crippen molar-refractivity contribution in [2.24, 2.45) is 0 Å². The molecule has 7 heteroatoms. The summed E-state index contributed by atoms with van der Waals surface area (Å²) in [5.41, 5.74) is 0.213. The molecule has 2 aromatic rings. The van der Waals surface area contributed by atoms with Crippen molar-refractivity contribution in [1.29, 1.82) is 0 Å². The Hall–Kier alpha value is -2.54. The summed E-state index contributed by atoms with van der Waals surface area (Å²) in [5.74, 6) is -0.517. The van der Waals surface area contributed by atoms with Crippen LogP contribution in [-0.4, -0.2) is 25.6 Å². The van der Waals surface area contributed by atoms with Crippen molar-refractivity contribution < 1.29 is 27.8 Å². The average Bonchev–Trinajstić information content (AvgIpc) is 3.04. The molecular formula is C16H12O6S. The Morgan fingerprint density at radius 3 is 2.52 bits per heavy atom. The van der Waals surface area contributed by atoms with Crippen LogP contribution in [0.25, 0.3) is 0 Å². The number of hydrogen-bond acceptors (Lipinski definition) is 6. The van der Waals surface area contributed by atoms with Gasteiger partial charge in [0.25, 0.3) is 0 Å². The molecule has 0 saturated carbocycles. The standard InChI is InChI=1S/C16H12O6S/c17-10-6-7-11-14(15-12(21-11)8-13(18)22-15)16(10)23(19,20)9-4-2-1-3-5-9/h1-7,12,15,17H,8H2. The summed E-state index contributed by atoms with van der Waals surface area (Å²) >= 11 is 0. The maximum Gasteiger partial charge on any atom is 0.310 e. The van der Waals surface area contributed by atoms with E-state index in [1.165, 1.54) is 24.3 Å². The lowest BCUT2D eigenvalue weighted by Gasteiger charge is -2.13. The third-order valence-corrected chi connectivity index (χ3v) is 5.84. The molecule has 2 atom stereocenters. The fraction of sp³-hybridized carbons (Fsp3) is 0.188. The van der Waals surface area contributed by atoms with E-state index in [0.29, 0.717) is 5.75 Å². The molecule has 0 amide bonds. The third kappa shape index (κ3) is 2.00. The molecule has 23 heavy (non-hydrogen) atoms. The SMILES string of the molecule is O=C1CC2Oc3ccc(O)c(S(=O)(=O)c4ccccc4)c3C2O1. The Morgan fingerprint density at radius 2 is 1.78 bits per heavy atom. The predicted octanol–water partition coefficient (Wildman–Crippen LogP) is 1.97. The van der Waals surface area contributed by atoms with Gasteiger partial charge in [0.05, 0.1) is 16.9 Å². The van der Waals surface area contributed by atoms with Crippen LogP contribution >= 0.6 is 0 Å². The number of phenolic OH excluding ortho intramolecular Hbond substituents is 1. The van der Waals surface area contributed by atoms with E-state index in [2.05, 4.69) is 0 Å². The molecule has 1 N–H and O–H groups in total. The number of fused-ring (bicyclic) bond motifs is 3. The monoisotopic (exact) mass is 332 g/mol. The number of carbonyl (C=O) groups excluding carboxylic acids is 1. The largest absolute Gasteiger partial charge is 0.507 e. The summed E-state index contributed by atoms with van der Waals surface area (Å²) in [7, 11) is -3.97. The number of carbonyl (C=O) groups is 1. The lowest BCUT2D eigenvalue weighted by atomic mass is 10.1. The Morgan fingerprint density at radius 1 is 1.04 bits per heavy atom. The number of benzene rings is 2. The van der Waals surface area contributed by atoms with Gasteiger partial charge < -0.3 is 14.6 Å². The van der Waals surface area contributed by atoms with Gasteiger partial charge in [-0.1, -0.05) is 18.2 Å². The van der Waals surface area contributed by atoms with Crippen molar-refractivity contribution in [2.75, 3.05) is 0 Å². The zero-order valence-corrected chi connectivity index (χ0v) is 12.6. The molecule has 1 fully saturated rings. The first-order valence-electron chi connectivity index (χ1n) is 7.00. The molecule has 0 bridgehead atoms. The van der Waals surface area contributed by atoms with Gasteiger partial charge >= 0.3 is 5.97 Å². The molecule has 2 unspecified atom stereocenters. The number of rotatable bonds is 2. The van der Waals surface area contributed by atoms with E-state index in [-0.39, 0.29) is 27.5 Å². The van der Waals surface area contributed by atoms with Gasteiger partial charge in [-0.15, -0.1) is 0 Å². The average molecular weight is 332 g/mol. The minimum Gasteiger partial charge on any atom is -0.507 e. The normalized spacial score (nSPS) is 22.2. The molecular weight excluding hydrogens is 320 g/mol. The van der Waals surface area contributed by atoms with Crippen molar-refractivity contribution in [2.45, 2.75) is 28.4 Å². The fourth-order valence-corrected chi connectivity index (χ4v) is 4.59. The lowest BCUT2D eigenvalue weighted by Crippen LogP contribution is -2.13. The van der Waals surface area contributed by atoms with E-state index < -0.39 is 28.0 Å². The van der Waals surface area contributed by atoms with Crippen molar-refractivity contribution in [1.82, 2.24) is 0 Å². The summed E-state index contributed by atoms with van der Waals surface area (Å²) in [6.45, 7) is 0. The number of hydrogen-bond donors (Lipinski definition) is 1. The Labute approximate surface area is 132 Å². The first kappa shape index (κ1) is 14.1. The predicted molar refractivity (Wildman–Crippen MR) is 77.9 cm³/mol. The molecule has 0 aliphatic carbocycles. The molecule has 2 aliphatic heterocycles. The highest BCUT2D eigenvalue weighted by Crippen LogP contribution is 2.50. The van der Waals surface area contributed by atoms with Gasteiger partial charge in [-0.05, 0) is 24.3 Å². The Bertz CT molecular complexity index is 904. The summed E-state index contributed by atoms with van der Waals surface area (Å²) in [6.07, 6.45) is -1.30. The topological polar surface area (TPSA) is 89.9 Å². The summed E-state index contributed by atoms with van der Waals surface area (Å²) < 4.78 is 36.7. The summed E-state index contributed by atoms with van der Waals surface area (Å²) in [5, 5.41) is 10.2. The Kier molecular flexibility index (Phi) is 2.89. The minimum atomic E-state index is -3.97. The van der Waals surface area contributed by atoms with Gasteiger partial charge in [0.2, 0.25) is 9.84 Å². The first-order valence-corrected chi connectivity index (χ1v) is 8.49. The smallest absolute Gasteiger partial charge is 0.310 e. The zero-order chi connectivity index (χ0) is 16.2. The summed E-state index contributed by atoms with van der Waals surface area (Å²) in [6, 6.07) is 10.6. The number of phenols is 1. The van der Waals surface area contributed by atoms with Gasteiger partial charge in [-0.2, -0.15) is 0 Å². The van der Waals surface area contributed by atoms with Gasteiger partial charge in [0, 0.05) is 0 Å². The third-order valence-electron chi connectivity index (χ3n) is 3.98. The van der Waals surface area contributed by atoms with E-state index in [1.54, 1.807) is 18.2 Å². The van der Waals surface area contributed by atoms with E-state index in [1.807, 2.05) is 0 Å². The van der Waals surface area contributed by atoms with Crippen LogP contribution in [0.5, 0.6) is 11.5 Å². The molecule has 0 aromatic heterocycles. The molecule has 1 saturated heterocycles. The molecule has 2 heterocycles. The van der Waals surface area contributed by atoms with E-state index in [9.17, 15) is 18.3 Å². The van der Waals surface area contributed by atoms with Gasteiger partial charge in [-0.25, -0.2) is 8.42 Å². The molecule has 2 aromatic carbocycles. The number of aromatic hydroxyl groups is 1. The lowest BCUT2D eigenvalue weighted by molar-refractivity contribution is -0.141. The van der Waals surface area contributed by atoms with Crippen molar-refractivity contribution in [3.8, 4) is 11.5 Å². The van der Waals surface area contributed by atoms with Crippen molar-refractivity contribution in [3.63, 3.8) is 0 Å². The van der Waals surface area contributed by atoms with Crippen LogP contribution in [0.4, 0.5) is 0 Å². The Balaban J connectivity index is 1.95. The van der Waals surface area contributed by atoms with Crippen LogP contribution in [0.1, 0.15) is 18.1 Å². The fourth-order valence-electron chi connectivity index (χ4n) is 2.99. The number of esters is 1. The van der Waals surface area contributed by atoms with Crippen LogP contribution in [-0.2, 0) is 19.4 Å². The molecule has 0 spiro atoms. The van der Waals surface area contributed by atoms with E-state index in [0.717, 1.165) is 0 Å². The van der Waals surface area contributed by atoms with Crippen LogP contribution in [0.15, 0.2) is 52.3 Å². The zero-order valence-electron chi connectivity index (χ0n) is 11.8. The number of ether oxygens (including phenoxy) is 2. The van der Waals surface area contributed by atoms with Crippen LogP contribution in [0.3, 0.4) is 0 Å². The highest BCUT2D eigenvalue weighted by atomic mass is 32.2. The highest BCUT2D eigenvalue weighted by Gasteiger charge is 2.48. The molecule has 6 nitrogen and oxygen atoms in total. The van der Waals surface area contributed by atoms with Crippen LogP contribution in [0.2, 0.25) is 0 Å². The summed E-state index contributed by atoms with van der Waals surface area (Å²) in [4.78, 5) is 11.3.